The Labute approximate surface area is 115 Å². The van der Waals surface area contributed by atoms with Crippen molar-refractivity contribution >= 4 is 5.91 Å². The lowest BCUT2D eigenvalue weighted by Gasteiger charge is -2.25. The summed E-state index contributed by atoms with van der Waals surface area (Å²) in [5, 5.41) is 7.55. The Kier molecular flexibility index (Phi) is 4.96. The van der Waals surface area contributed by atoms with Crippen molar-refractivity contribution in [2.75, 3.05) is 19.6 Å². The number of amides is 1. The topological polar surface area (TPSA) is 50.2 Å². The largest absolute Gasteiger partial charge is 0.337 e. The van der Waals surface area contributed by atoms with Gasteiger partial charge in [0, 0.05) is 32.4 Å². The van der Waals surface area contributed by atoms with Gasteiger partial charge in [-0.25, -0.2) is 0 Å². The summed E-state index contributed by atoms with van der Waals surface area (Å²) in [5.41, 5.74) is 0.691. The first kappa shape index (κ1) is 14.1. The molecular weight excluding hydrogens is 240 g/mol. The first-order chi connectivity index (χ1) is 9.20. The molecule has 5 nitrogen and oxygen atoms in total. The van der Waals surface area contributed by atoms with Crippen LogP contribution in [0.25, 0.3) is 0 Å². The van der Waals surface area contributed by atoms with E-state index in [0.717, 1.165) is 32.5 Å². The summed E-state index contributed by atoms with van der Waals surface area (Å²) in [6, 6.07) is 0.456. The second-order valence-corrected chi connectivity index (χ2v) is 5.30. The van der Waals surface area contributed by atoms with Gasteiger partial charge in [-0.2, -0.15) is 5.10 Å². The number of aryl methyl sites for hydroxylation is 1. The number of rotatable bonds is 6. The molecule has 1 aliphatic heterocycles. The van der Waals surface area contributed by atoms with E-state index in [0.29, 0.717) is 11.6 Å². The Morgan fingerprint density at radius 3 is 3.05 bits per heavy atom. The predicted octanol–water partition coefficient (Wildman–Crippen LogP) is 1.41. The molecule has 5 heteroatoms. The van der Waals surface area contributed by atoms with Gasteiger partial charge in [0.15, 0.2) is 0 Å². The Morgan fingerprint density at radius 1 is 1.63 bits per heavy atom. The van der Waals surface area contributed by atoms with Crippen LogP contribution in [0.1, 0.15) is 43.0 Å². The summed E-state index contributed by atoms with van der Waals surface area (Å²) in [4.78, 5) is 14.5. The van der Waals surface area contributed by atoms with Crippen LogP contribution < -0.4 is 5.32 Å². The molecule has 1 fully saturated rings. The number of nitrogens with zero attached hydrogens (tertiary/aromatic N) is 3. The minimum Gasteiger partial charge on any atom is -0.337 e. The maximum atomic E-state index is 12.5. The smallest absolute Gasteiger partial charge is 0.257 e. The van der Waals surface area contributed by atoms with Gasteiger partial charge in [0.1, 0.15) is 0 Å². The maximum absolute atomic E-state index is 12.5. The lowest BCUT2D eigenvalue weighted by atomic mass is 10.2. The fourth-order valence-electron chi connectivity index (χ4n) is 2.52. The minimum atomic E-state index is 0.107. The standard InChI is InChI=1S/C14H24N4O/c1-3-4-8-18(11-13-6-5-7-15-13)14(19)12-9-16-17(2)10-12/h9-10,13,15H,3-8,11H2,1-2H3. The number of carbonyl (C=O) groups is 1. The van der Waals surface area contributed by atoms with Crippen LogP contribution in [-0.2, 0) is 7.05 Å². The second kappa shape index (κ2) is 6.70. The number of nitrogens with one attached hydrogen (secondary N) is 1. The van der Waals surface area contributed by atoms with Crippen molar-refractivity contribution in [3.8, 4) is 0 Å². The molecule has 0 aliphatic carbocycles. The van der Waals surface area contributed by atoms with Gasteiger partial charge < -0.3 is 10.2 Å². The van der Waals surface area contributed by atoms with Crippen molar-refractivity contribution in [2.45, 2.75) is 38.6 Å². The van der Waals surface area contributed by atoms with Crippen molar-refractivity contribution in [1.82, 2.24) is 20.0 Å². The molecule has 1 aromatic rings. The van der Waals surface area contributed by atoms with E-state index in [9.17, 15) is 4.79 Å². The van der Waals surface area contributed by atoms with Crippen molar-refractivity contribution in [3.63, 3.8) is 0 Å². The number of hydrogen-bond donors (Lipinski definition) is 1. The lowest BCUT2D eigenvalue weighted by molar-refractivity contribution is 0.0739. The summed E-state index contributed by atoms with van der Waals surface area (Å²) >= 11 is 0. The van der Waals surface area contributed by atoms with E-state index in [1.807, 2.05) is 11.9 Å². The molecular formula is C14H24N4O. The summed E-state index contributed by atoms with van der Waals surface area (Å²) in [5.74, 6) is 0.107. The Balaban J connectivity index is 2.00. The third-order valence-corrected chi connectivity index (χ3v) is 3.62. The van der Waals surface area contributed by atoms with Gasteiger partial charge in [0.05, 0.1) is 11.8 Å². The molecule has 0 spiro atoms. The molecule has 0 radical (unpaired) electrons. The molecule has 1 atom stereocenters. The number of hydrogen-bond acceptors (Lipinski definition) is 3. The average Bonchev–Trinajstić information content (AvgIpc) is 3.05. The SMILES string of the molecule is CCCCN(CC1CCCN1)C(=O)c1cnn(C)c1. The molecule has 1 unspecified atom stereocenters. The van der Waals surface area contributed by atoms with Crippen LogP contribution in [0.5, 0.6) is 0 Å². The fourth-order valence-corrected chi connectivity index (χ4v) is 2.52. The van der Waals surface area contributed by atoms with Crippen molar-refractivity contribution in [1.29, 1.82) is 0 Å². The average molecular weight is 264 g/mol. The van der Waals surface area contributed by atoms with Crippen molar-refractivity contribution in [2.24, 2.45) is 7.05 Å². The van der Waals surface area contributed by atoms with Crippen LogP contribution in [0.15, 0.2) is 12.4 Å². The van der Waals surface area contributed by atoms with Gasteiger partial charge in [-0.1, -0.05) is 13.3 Å². The van der Waals surface area contributed by atoms with Gasteiger partial charge in [0.25, 0.3) is 5.91 Å². The lowest BCUT2D eigenvalue weighted by Crippen LogP contribution is -2.41. The normalized spacial score (nSPS) is 18.7. The molecule has 2 heterocycles. The van der Waals surface area contributed by atoms with E-state index in [4.69, 9.17) is 0 Å². The summed E-state index contributed by atoms with van der Waals surface area (Å²) in [6.45, 7) is 4.88. The molecule has 2 rings (SSSR count). The molecule has 1 amide bonds. The van der Waals surface area contributed by atoms with E-state index < -0.39 is 0 Å². The molecule has 0 aromatic carbocycles. The third-order valence-electron chi connectivity index (χ3n) is 3.62. The molecule has 1 saturated heterocycles. The van der Waals surface area contributed by atoms with Crippen LogP contribution in [0, 0.1) is 0 Å². The molecule has 19 heavy (non-hydrogen) atoms. The highest BCUT2D eigenvalue weighted by molar-refractivity contribution is 5.93. The quantitative estimate of drug-likeness (QED) is 0.845. The zero-order valence-electron chi connectivity index (χ0n) is 11.9. The van der Waals surface area contributed by atoms with E-state index in [-0.39, 0.29) is 5.91 Å². The van der Waals surface area contributed by atoms with Crippen molar-refractivity contribution < 1.29 is 4.79 Å². The van der Waals surface area contributed by atoms with Gasteiger partial charge in [-0.15, -0.1) is 0 Å². The van der Waals surface area contributed by atoms with E-state index in [2.05, 4.69) is 17.3 Å². The van der Waals surface area contributed by atoms with Crippen LogP contribution in [-0.4, -0.2) is 46.3 Å². The molecule has 1 aliphatic rings. The van der Waals surface area contributed by atoms with Gasteiger partial charge in [-0.3, -0.25) is 9.48 Å². The van der Waals surface area contributed by atoms with Gasteiger partial charge >= 0.3 is 0 Å². The van der Waals surface area contributed by atoms with Crippen LogP contribution >= 0.6 is 0 Å². The zero-order chi connectivity index (χ0) is 13.7. The van der Waals surface area contributed by atoms with E-state index >= 15 is 0 Å². The predicted molar refractivity (Wildman–Crippen MR) is 75.0 cm³/mol. The summed E-state index contributed by atoms with van der Waals surface area (Å²) in [6.07, 6.45) is 8.00. The molecule has 1 aromatic heterocycles. The first-order valence-electron chi connectivity index (χ1n) is 7.22. The molecule has 0 saturated carbocycles. The monoisotopic (exact) mass is 264 g/mol. The Bertz CT molecular complexity index is 409. The number of unbranched alkanes of at least 4 members (excludes halogenated alkanes) is 1. The maximum Gasteiger partial charge on any atom is 0.257 e. The van der Waals surface area contributed by atoms with Gasteiger partial charge in [-0.05, 0) is 25.8 Å². The Morgan fingerprint density at radius 2 is 2.47 bits per heavy atom. The molecule has 106 valence electrons. The minimum absolute atomic E-state index is 0.107. The summed E-state index contributed by atoms with van der Waals surface area (Å²) < 4.78 is 1.68. The highest BCUT2D eigenvalue weighted by Gasteiger charge is 2.22. The van der Waals surface area contributed by atoms with Crippen molar-refractivity contribution in [3.05, 3.63) is 18.0 Å². The number of carbonyl (C=O) groups excluding carboxylic acids is 1. The van der Waals surface area contributed by atoms with E-state index in [1.54, 1.807) is 17.1 Å². The second-order valence-electron chi connectivity index (χ2n) is 5.30. The number of aromatic nitrogens is 2. The van der Waals surface area contributed by atoms with Crippen LogP contribution in [0.4, 0.5) is 0 Å². The molecule has 1 N–H and O–H groups in total. The van der Waals surface area contributed by atoms with Gasteiger partial charge in [0.2, 0.25) is 0 Å². The zero-order valence-corrected chi connectivity index (χ0v) is 11.9. The summed E-state index contributed by atoms with van der Waals surface area (Å²) in [7, 11) is 1.84. The van der Waals surface area contributed by atoms with Crippen LogP contribution in [0.2, 0.25) is 0 Å². The third kappa shape index (κ3) is 3.80. The van der Waals surface area contributed by atoms with E-state index in [1.165, 1.54) is 12.8 Å². The van der Waals surface area contributed by atoms with Crippen LogP contribution in [0.3, 0.4) is 0 Å². The molecule has 0 bridgehead atoms. The Hall–Kier alpha value is -1.36. The first-order valence-corrected chi connectivity index (χ1v) is 7.22. The highest BCUT2D eigenvalue weighted by Crippen LogP contribution is 2.11. The highest BCUT2D eigenvalue weighted by atomic mass is 16.2. The fraction of sp³-hybridized carbons (Fsp3) is 0.714.